The zero-order valence-electron chi connectivity index (χ0n) is 19.5. The number of hydrogen-bond donors (Lipinski definition) is 3. The van der Waals surface area contributed by atoms with Crippen molar-refractivity contribution < 1.29 is 17.8 Å². The van der Waals surface area contributed by atoms with Gasteiger partial charge in [-0.05, 0) is 63.2 Å². The quantitative estimate of drug-likeness (QED) is 0.308. The minimum atomic E-state index is -4.59. The van der Waals surface area contributed by atoms with Gasteiger partial charge in [0.1, 0.15) is 10.7 Å². The van der Waals surface area contributed by atoms with Gasteiger partial charge in [-0.15, -0.1) is 24.8 Å². The third-order valence-electron chi connectivity index (χ3n) is 6.04. The fourth-order valence-electron chi connectivity index (χ4n) is 4.45. The molecule has 11 heteroatoms. The lowest BCUT2D eigenvalue weighted by Gasteiger charge is -2.33. The number of nitrogens with zero attached hydrogens (tertiary/aromatic N) is 2. The van der Waals surface area contributed by atoms with Crippen LogP contribution < -0.4 is 10.6 Å². The van der Waals surface area contributed by atoms with Crippen molar-refractivity contribution in [2.45, 2.75) is 25.3 Å². The van der Waals surface area contributed by atoms with Crippen LogP contribution in [0.4, 0.5) is 0 Å². The van der Waals surface area contributed by atoms with E-state index in [1.54, 1.807) is 23.1 Å². The van der Waals surface area contributed by atoms with Crippen LogP contribution in [0.15, 0.2) is 76.6 Å². The first-order valence-electron chi connectivity index (χ1n) is 11.2. The lowest BCUT2D eigenvalue weighted by atomic mass is 10.0. The highest BCUT2D eigenvalue weighted by atomic mass is 35.5. The predicted molar refractivity (Wildman–Crippen MR) is 142 cm³/mol. The lowest BCUT2D eigenvalue weighted by Crippen LogP contribution is -2.38. The molecule has 3 aliphatic heterocycles. The van der Waals surface area contributed by atoms with Crippen LogP contribution in [0.5, 0.6) is 0 Å². The molecule has 35 heavy (non-hydrogen) atoms. The van der Waals surface area contributed by atoms with Crippen molar-refractivity contribution in [3.05, 3.63) is 82.2 Å². The number of nitrogens with one attached hydrogen (secondary N) is 2. The summed E-state index contributed by atoms with van der Waals surface area (Å²) in [5.41, 5.74) is 1.64. The van der Waals surface area contributed by atoms with E-state index < -0.39 is 16.0 Å². The summed E-state index contributed by atoms with van der Waals surface area (Å²) in [4.78, 5) is 16.6. The van der Waals surface area contributed by atoms with E-state index in [0.717, 1.165) is 38.2 Å². The minimum absolute atomic E-state index is 0. The molecule has 1 unspecified atom stereocenters. The van der Waals surface area contributed by atoms with Crippen molar-refractivity contribution in [3.63, 3.8) is 0 Å². The van der Waals surface area contributed by atoms with Crippen molar-refractivity contribution in [2.75, 3.05) is 33.2 Å². The van der Waals surface area contributed by atoms with Gasteiger partial charge in [0.25, 0.3) is 16.0 Å². The Morgan fingerprint density at radius 3 is 2.63 bits per heavy atom. The van der Waals surface area contributed by atoms with Gasteiger partial charge < -0.3 is 20.4 Å². The standard InChI is InChI=1S/C24H30N4O4S.2ClH/c1-27(14-6-10-18-8-3-2-4-9-18)15-7-13-25-24(29)20-16-19-17-26-22-12-5-11-21(28(19)22)23(20)33(30,31)32;;/h2-5,8-9,11-12,16,19,26H,6-7,10,13-15,17H2,1H3,(H,25,29)(H,30,31,32);2*1H. The van der Waals surface area contributed by atoms with Gasteiger partial charge in [0.2, 0.25) is 0 Å². The summed E-state index contributed by atoms with van der Waals surface area (Å²) in [6, 6.07) is 10.2. The van der Waals surface area contributed by atoms with Crippen molar-refractivity contribution in [3.8, 4) is 0 Å². The third kappa shape index (κ3) is 6.89. The molecule has 1 fully saturated rings. The molecular formula is C24H32Cl2N4O4S. The molecule has 8 nitrogen and oxygen atoms in total. The smallest absolute Gasteiger partial charge is 0.297 e. The van der Waals surface area contributed by atoms with E-state index in [0.29, 0.717) is 18.8 Å². The van der Waals surface area contributed by atoms with Crippen molar-refractivity contribution in [2.24, 2.45) is 0 Å². The van der Waals surface area contributed by atoms with Crippen LogP contribution in [0.3, 0.4) is 0 Å². The second-order valence-electron chi connectivity index (χ2n) is 8.50. The number of rotatable bonds is 10. The molecule has 0 saturated carbocycles. The monoisotopic (exact) mass is 542 g/mol. The molecule has 4 rings (SSSR count). The number of hydrogen-bond acceptors (Lipinski definition) is 6. The van der Waals surface area contributed by atoms with Crippen LogP contribution in [0, 0.1) is 0 Å². The summed E-state index contributed by atoms with van der Waals surface area (Å²) < 4.78 is 34.3. The zero-order chi connectivity index (χ0) is 23.4. The molecule has 1 saturated heterocycles. The average molecular weight is 544 g/mol. The molecule has 0 bridgehead atoms. The van der Waals surface area contributed by atoms with Crippen molar-refractivity contribution in [1.29, 1.82) is 0 Å². The highest BCUT2D eigenvalue weighted by molar-refractivity contribution is 7.90. The Morgan fingerprint density at radius 1 is 1.20 bits per heavy atom. The van der Waals surface area contributed by atoms with Gasteiger partial charge in [0, 0.05) is 13.1 Å². The molecule has 3 N–H and O–H groups in total. The van der Waals surface area contributed by atoms with E-state index in [1.165, 1.54) is 5.56 Å². The predicted octanol–water partition coefficient (Wildman–Crippen LogP) is 2.63. The van der Waals surface area contributed by atoms with Crippen molar-refractivity contribution >= 4 is 40.8 Å². The van der Waals surface area contributed by atoms with Crippen molar-refractivity contribution in [1.82, 2.24) is 20.4 Å². The van der Waals surface area contributed by atoms with Crippen LogP contribution in [0.2, 0.25) is 0 Å². The highest BCUT2D eigenvalue weighted by Gasteiger charge is 2.41. The van der Waals surface area contributed by atoms with Gasteiger partial charge in [0.05, 0.1) is 17.3 Å². The molecule has 1 aromatic rings. The number of halogens is 2. The molecule has 0 aliphatic carbocycles. The maximum absolute atomic E-state index is 12.9. The minimum Gasteiger partial charge on any atom is -0.369 e. The second-order valence-corrected chi connectivity index (χ2v) is 9.86. The van der Waals surface area contributed by atoms with E-state index in [2.05, 4.69) is 34.7 Å². The Kier molecular flexibility index (Phi) is 10.4. The van der Waals surface area contributed by atoms with Crippen LogP contribution >= 0.6 is 24.8 Å². The van der Waals surface area contributed by atoms with Gasteiger partial charge in [-0.3, -0.25) is 9.35 Å². The van der Waals surface area contributed by atoms with Crippen LogP contribution in [0.25, 0.3) is 0 Å². The van der Waals surface area contributed by atoms with E-state index in [1.807, 2.05) is 24.3 Å². The highest BCUT2D eigenvalue weighted by Crippen LogP contribution is 2.37. The fourth-order valence-corrected chi connectivity index (χ4v) is 5.32. The summed E-state index contributed by atoms with van der Waals surface area (Å²) in [5, 5.41) is 6.02. The maximum atomic E-state index is 12.9. The van der Waals surface area contributed by atoms with Gasteiger partial charge in [-0.2, -0.15) is 8.42 Å². The van der Waals surface area contributed by atoms with E-state index >= 15 is 0 Å². The summed E-state index contributed by atoms with van der Waals surface area (Å²) in [7, 11) is -2.54. The Morgan fingerprint density at radius 2 is 1.91 bits per heavy atom. The fraction of sp³-hybridized carbons (Fsp3) is 0.375. The summed E-state index contributed by atoms with van der Waals surface area (Å²) in [6.07, 6.45) is 9.59. The number of benzene rings is 1. The van der Waals surface area contributed by atoms with Crippen LogP contribution in [0.1, 0.15) is 18.4 Å². The average Bonchev–Trinajstić information content (AvgIpc) is 3.21. The molecule has 1 aromatic carbocycles. The van der Waals surface area contributed by atoms with E-state index in [9.17, 15) is 17.8 Å². The lowest BCUT2D eigenvalue weighted by molar-refractivity contribution is -0.117. The molecular weight excluding hydrogens is 511 g/mol. The number of aryl methyl sites for hydroxylation is 1. The van der Waals surface area contributed by atoms with Gasteiger partial charge in [-0.25, -0.2) is 0 Å². The number of amides is 1. The first-order valence-corrected chi connectivity index (χ1v) is 12.6. The van der Waals surface area contributed by atoms with Gasteiger partial charge in [0.15, 0.2) is 0 Å². The van der Waals surface area contributed by atoms with E-state index in [-0.39, 0.29) is 41.3 Å². The Hall–Kier alpha value is -2.30. The number of carbonyl (C=O) groups is 1. The first kappa shape index (κ1) is 28.9. The van der Waals surface area contributed by atoms with Crippen LogP contribution in [-0.2, 0) is 21.3 Å². The topological polar surface area (TPSA) is 102 Å². The molecule has 3 aliphatic rings. The Bertz CT molecular complexity index is 1130. The van der Waals surface area contributed by atoms with Gasteiger partial charge >= 0.3 is 0 Å². The number of allylic oxidation sites excluding steroid dienone is 3. The molecule has 3 heterocycles. The second kappa shape index (κ2) is 12.6. The summed E-state index contributed by atoms with van der Waals surface area (Å²) >= 11 is 0. The van der Waals surface area contributed by atoms with E-state index in [4.69, 9.17) is 0 Å². The normalized spacial score (nSPS) is 18.1. The largest absolute Gasteiger partial charge is 0.369 e. The molecule has 0 spiro atoms. The maximum Gasteiger partial charge on any atom is 0.297 e. The zero-order valence-corrected chi connectivity index (χ0v) is 22.0. The molecule has 192 valence electrons. The SMILES string of the molecule is CN(CCCNC(=O)C1=CC2CNC3=CC=CC(=C1S(=O)(=O)O)N32)CCCc1ccccc1.Cl.Cl. The first-order chi connectivity index (χ1) is 15.8. The third-order valence-corrected chi connectivity index (χ3v) is 6.99. The molecule has 0 radical (unpaired) electrons. The summed E-state index contributed by atoms with van der Waals surface area (Å²) in [5.74, 6) is 0.266. The molecule has 1 atom stereocenters. The Labute approximate surface area is 219 Å². The molecule has 0 aromatic heterocycles. The molecule has 1 amide bonds. The number of carbonyl (C=O) groups excluding carboxylic acids is 1. The van der Waals surface area contributed by atoms with Crippen LogP contribution in [-0.4, -0.2) is 67.9 Å². The Balaban J connectivity index is 0.00000216. The van der Waals surface area contributed by atoms with Gasteiger partial charge in [-0.1, -0.05) is 36.4 Å². The summed E-state index contributed by atoms with van der Waals surface area (Å²) in [6.45, 7) is 2.75.